The molecule has 0 atom stereocenters. The molecule has 0 aliphatic rings. The molecule has 0 aromatic heterocycles. The maximum Gasteiger partial charge on any atom is 0.302 e. The average molecular weight is 218 g/mol. The summed E-state index contributed by atoms with van der Waals surface area (Å²) in [6.45, 7) is 6.88. The number of carbonyl (C=O) groups excluding carboxylic acids is 1. The Kier molecular flexibility index (Phi) is 11.0. The van der Waals surface area contributed by atoms with E-state index < -0.39 is 0 Å². The summed E-state index contributed by atoms with van der Waals surface area (Å²) in [6, 6.07) is 0. The third kappa shape index (κ3) is 13.4. The van der Waals surface area contributed by atoms with Crippen molar-refractivity contribution in [3.05, 3.63) is 0 Å². The summed E-state index contributed by atoms with van der Waals surface area (Å²) >= 11 is 0. The van der Waals surface area contributed by atoms with Gasteiger partial charge >= 0.3 is 5.97 Å². The summed E-state index contributed by atoms with van der Waals surface area (Å²) < 4.78 is 15.4. The van der Waals surface area contributed by atoms with E-state index in [0.29, 0.717) is 19.8 Å². The van der Waals surface area contributed by atoms with Gasteiger partial charge in [0.15, 0.2) is 0 Å². The fraction of sp³-hybridized carbons (Fsp3) is 0.909. The molecule has 15 heavy (non-hydrogen) atoms. The van der Waals surface area contributed by atoms with Crippen molar-refractivity contribution in [1.82, 2.24) is 0 Å². The van der Waals surface area contributed by atoms with Crippen molar-refractivity contribution in [3.63, 3.8) is 0 Å². The van der Waals surface area contributed by atoms with Crippen LogP contribution in [0.15, 0.2) is 0 Å². The standard InChI is InChI=1S/C11H22O4/c1-3-6-13-7-4-8-14-9-5-10-15-11(2)12/h3-10H2,1-2H3. The first kappa shape index (κ1) is 14.4. The minimum Gasteiger partial charge on any atom is -0.466 e. The average Bonchev–Trinajstić information content (AvgIpc) is 2.20. The van der Waals surface area contributed by atoms with E-state index in [2.05, 4.69) is 6.92 Å². The molecular weight excluding hydrogens is 196 g/mol. The molecule has 0 aliphatic carbocycles. The Morgan fingerprint density at radius 3 is 2.00 bits per heavy atom. The first-order valence-electron chi connectivity index (χ1n) is 5.56. The predicted octanol–water partition coefficient (Wildman–Crippen LogP) is 1.77. The summed E-state index contributed by atoms with van der Waals surface area (Å²) in [5, 5.41) is 0. The SMILES string of the molecule is CCCOCCCOCCCOC(C)=O. The lowest BCUT2D eigenvalue weighted by Crippen LogP contribution is -2.06. The first-order valence-corrected chi connectivity index (χ1v) is 5.56. The Morgan fingerprint density at radius 1 is 0.933 bits per heavy atom. The molecule has 0 unspecified atom stereocenters. The van der Waals surface area contributed by atoms with Crippen LogP contribution in [0, 0.1) is 0 Å². The Hall–Kier alpha value is -0.610. The second-order valence-electron chi connectivity index (χ2n) is 3.27. The van der Waals surface area contributed by atoms with E-state index >= 15 is 0 Å². The van der Waals surface area contributed by atoms with Crippen molar-refractivity contribution < 1.29 is 19.0 Å². The highest BCUT2D eigenvalue weighted by atomic mass is 16.5. The normalized spacial score (nSPS) is 10.3. The smallest absolute Gasteiger partial charge is 0.302 e. The molecular formula is C11H22O4. The van der Waals surface area contributed by atoms with Gasteiger partial charge in [-0.3, -0.25) is 4.79 Å². The maximum absolute atomic E-state index is 10.4. The van der Waals surface area contributed by atoms with Crippen molar-refractivity contribution >= 4 is 5.97 Å². The van der Waals surface area contributed by atoms with Crippen LogP contribution < -0.4 is 0 Å². The molecule has 0 rings (SSSR count). The van der Waals surface area contributed by atoms with Crippen LogP contribution in [0.25, 0.3) is 0 Å². The maximum atomic E-state index is 10.4. The van der Waals surface area contributed by atoms with Gasteiger partial charge in [-0.05, 0) is 12.8 Å². The van der Waals surface area contributed by atoms with Crippen molar-refractivity contribution in [2.75, 3.05) is 33.0 Å². The summed E-state index contributed by atoms with van der Waals surface area (Å²) in [6.07, 6.45) is 2.74. The molecule has 0 amide bonds. The molecule has 4 heteroatoms. The number of hydrogen-bond donors (Lipinski definition) is 0. The van der Waals surface area contributed by atoms with E-state index in [9.17, 15) is 4.79 Å². The summed E-state index contributed by atoms with van der Waals surface area (Å²) in [5.74, 6) is -0.233. The topological polar surface area (TPSA) is 44.8 Å². The molecule has 0 spiro atoms. The molecule has 0 saturated heterocycles. The Labute approximate surface area is 91.9 Å². The molecule has 0 saturated carbocycles. The number of ether oxygens (including phenoxy) is 3. The number of carbonyl (C=O) groups is 1. The van der Waals surface area contributed by atoms with Gasteiger partial charge in [0.1, 0.15) is 0 Å². The van der Waals surface area contributed by atoms with Crippen LogP contribution in [0.1, 0.15) is 33.1 Å². The quantitative estimate of drug-likeness (QED) is 0.414. The fourth-order valence-electron chi connectivity index (χ4n) is 0.988. The molecule has 0 heterocycles. The second kappa shape index (κ2) is 11.5. The lowest BCUT2D eigenvalue weighted by molar-refractivity contribution is -0.141. The fourth-order valence-corrected chi connectivity index (χ4v) is 0.988. The highest BCUT2D eigenvalue weighted by molar-refractivity contribution is 5.65. The number of esters is 1. The molecule has 0 N–H and O–H groups in total. The van der Waals surface area contributed by atoms with E-state index in [4.69, 9.17) is 14.2 Å². The van der Waals surface area contributed by atoms with Gasteiger partial charge in [-0.25, -0.2) is 0 Å². The molecule has 0 radical (unpaired) electrons. The van der Waals surface area contributed by atoms with Crippen LogP contribution >= 0.6 is 0 Å². The van der Waals surface area contributed by atoms with E-state index in [1.165, 1.54) is 6.92 Å². The zero-order valence-electron chi connectivity index (χ0n) is 9.79. The van der Waals surface area contributed by atoms with Crippen molar-refractivity contribution in [1.29, 1.82) is 0 Å². The highest BCUT2D eigenvalue weighted by Gasteiger charge is 1.93. The van der Waals surface area contributed by atoms with Gasteiger partial charge in [0, 0.05) is 39.8 Å². The molecule has 0 aromatic rings. The van der Waals surface area contributed by atoms with Crippen LogP contribution in [0.5, 0.6) is 0 Å². The lowest BCUT2D eigenvalue weighted by Gasteiger charge is -2.05. The number of rotatable bonds is 10. The molecule has 0 bridgehead atoms. The van der Waals surface area contributed by atoms with Gasteiger partial charge < -0.3 is 14.2 Å². The second-order valence-corrected chi connectivity index (χ2v) is 3.27. The highest BCUT2D eigenvalue weighted by Crippen LogP contribution is 1.90. The molecule has 90 valence electrons. The van der Waals surface area contributed by atoms with Gasteiger partial charge in [-0.1, -0.05) is 6.92 Å². The largest absolute Gasteiger partial charge is 0.466 e. The van der Waals surface area contributed by atoms with Gasteiger partial charge in [-0.2, -0.15) is 0 Å². The third-order valence-corrected chi connectivity index (χ3v) is 1.66. The zero-order valence-corrected chi connectivity index (χ0v) is 9.79. The van der Waals surface area contributed by atoms with Crippen LogP contribution in [0.3, 0.4) is 0 Å². The van der Waals surface area contributed by atoms with Gasteiger partial charge in [0.25, 0.3) is 0 Å². The van der Waals surface area contributed by atoms with E-state index in [-0.39, 0.29) is 5.97 Å². The summed E-state index contributed by atoms with van der Waals surface area (Å²) in [4.78, 5) is 10.4. The van der Waals surface area contributed by atoms with Crippen molar-refractivity contribution in [2.45, 2.75) is 33.1 Å². The molecule has 4 nitrogen and oxygen atoms in total. The monoisotopic (exact) mass is 218 g/mol. The van der Waals surface area contributed by atoms with Crippen LogP contribution in [-0.4, -0.2) is 39.0 Å². The van der Waals surface area contributed by atoms with E-state index in [1.807, 2.05) is 0 Å². The Morgan fingerprint density at radius 2 is 1.47 bits per heavy atom. The molecule has 0 fully saturated rings. The minimum absolute atomic E-state index is 0.233. The van der Waals surface area contributed by atoms with Crippen LogP contribution in [0.4, 0.5) is 0 Å². The third-order valence-electron chi connectivity index (χ3n) is 1.66. The first-order chi connectivity index (χ1) is 7.27. The van der Waals surface area contributed by atoms with Crippen molar-refractivity contribution in [3.8, 4) is 0 Å². The Bertz CT molecular complexity index is 148. The number of hydrogen-bond acceptors (Lipinski definition) is 4. The molecule has 0 aliphatic heterocycles. The Balaban J connectivity index is 2.89. The zero-order chi connectivity index (χ0) is 11.4. The van der Waals surface area contributed by atoms with Gasteiger partial charge in [0.05, 0.1) is 6.61 Å². The van der Waals surface area contributed by atoms with E-state index in [1.54, 1.807) is 0 Å². The van der Waals surface area contributed by atoms with Gasteiger partial charge in [-0.15, -0.1) is 0 Å². The van der Waals surface area contributed by atoms with Crippen LogP contribution in [0.2, 0.25) is 0 Å². The molecule has 0 aromatic carbocycles. The summed E-state index contributed by atoms with van der Waals surface area (Å²) in [7, 11) is 0. The predicted molar refractivity (Wildman–Crippen MR) is 57.8 cm³/mol. The van der Waals surface area contributed by atoms with Crippen LogP contribution in [-0.2, 0) is 19.0 Å². The minimum atomic E-state index is -0.233. The lowest BCUT2D eigenvalue weighted by atomic mass is 10.4. The van der Waals surface area contributed by atoms with Crippen molar-refractivity contribution in [2.24, 2.45) is 0 Å². The summed E-state index contributed by atoms with van der Waals surface area (Å²) in [5.41, 5.74) is 0. The van der Waals surface area contributed by atoms with E-state index in [0.717, 1.165) is 32.5 Å². The van der Waals surface area contributed by atoms with Gasteiger partial charge in [0.2, 0.25) is 0 Å².